The maximum atomic E-state index is 12.5. The number of carbonyl (C=O) groups excluding carboxylic acids is 1. The van der Waals surface area contributed by atoms with Crippen LogP contribution >= 0.6 is 0 Å². The number of H-pyrrole nitrogens is 1. The van der Waals surface area contributed by atoms with Gasteiger partial charge in [-0.05, 0) is 30.7 Å². The molecule has 2 aromatic heterocycles. The van der Waals surface area contributed by atoms with Crippen LogP contribution in [0.2, 0.25) is 0 Å². The quantitative estimate of drug-likeness (QED) is 0.671. The molecule has 1 amide bonds. The number of hydrogen-bond donors (Lipinski definition) is 3. The van der Waals surface area contributed by atoms with Crippen molar-refractivity contribution >= 4 is 5.91 Å². The number of hydrogen-bond acceptors (Lipinski definition) is 4. The molecule has 0 spiro atoms. The van der Waals surface area contributed by atoms with Gasteiger partial charge in [0.2, 0.25) is 0 Å². The summed E-state index contributed by atoms with van der Waals surface area (Å²) in [5.74, 6) is -0.130. The molecule has 0 aliphatic rings. The highest BCUT2D eigenvalue weighted by Gasteiger charge is 2.19. The number of nitrogens with one attached hydrogen (secondary N) is 2. The summed E-state index contributed by atoms with van der Waals surface area (Å²) < 4.78 is 1.74. The molecule has 3 N–H and O–H groups in total. The zero-order valence-corrected chi connectivity index (χ0v) is 13.5. The molecule has 124 valence electrons. The SMILES string of the molecule is CC[C@@H](NC(=O)c1cc(-c2ccccc2O)n[nH]1)c1ccnn1C. The molecular formula is C17H19N5O2. The van der Waals surface area contributed by atoms with Gasteiger partial charge in [0.25, 0.3) is 5.91 Å². The lowest BCUT2D eigenvalue weighted by Crippen LogP contribution is -2.29. The van der Waals surface area contributed by atoms with Crippen molar-refractivity contribution in [3.05, 3.63) is 54.0 Å². The first-order valence-corrected chi connectivity index (χ1v) is 7.72. The van der Waals surface area contributed by atoms with Crippen LogP contribution in [0.1, 0.15) is 35.6 Å². The van der Waals surface area contributed by atoms with Gasteiger partial charge < -0.3 is 10.4 Å². The summed E-state index contributed by atoms with van der Waals surface area (Å²) in [6.45, 7) is 2.00. The van der Waals surface area contributed by atoms with E-state index in [1.54, 1.807) is 41.2 Å². The van der Waals surface area contributed by atoms with Crippen molar-refractivity contribution in [2.45, 2.75) is 19.4 Å². The van der Waals surface area contributed by atoms with Crippen molar-refractivity contribution in [2.75, 3.05) is 0 Å². The van der Waals surface area contributed by atoms with Gasteiger partial charge in [-0.1, -0.05) is 19.1 Å². The molecule has 24 heavy (non-hydrogen) atoms. The van der Waals surface area contributed by atoms with Crippen molar-refractivity contribution in [3.8, 4) is 17.0 Å². The second-order valence-corrected chi connectivity index (χ2v) is 5.50. The molecule has 1 atom stereocenters. The van der Waals surface area contributed by atoms with E-state index in [0.29, 0.717) is 17.0 Å². The molecule has 3 rings (SSSR count). The third-order valence-corrected chi connectivity index (χ3v) is 3.93. The number of aryl methyl sites for hydroxylation is 1. The molecule has 0 saturated carbocycles. The van der Waals surface area contributed by atoms with Crippen LogP contribution < -0.4 is 5.32 Å². The van der Waals surface area contributed by atoms with Gasteiger partial charge in [0.15, 0.2) is 0 Å². The number of aromatic amines is 1. The first-order valence-electron chi connectivity index (χ1n) is 7.72. The molecule has 3 aromatic rings. The second kappa shape index (κ2) is 6.57. The van der Waals surface area contributed by atoms with Gasteiger partial charge in [0.05, 0.1) is 17.4 Å². The zero-order valence-electron chi connectivity index (χ0n) is 13.5. The number of rotatable bonds is 5. The Morgan fingerprint density at radius 3 is 2.83 bits per heavy atom. The van der Waals surface area contributed by atoms with E-state index in [1.807, 2.05) is 20.0 Å². The summed E-state index contributed by atoms with van der Waals surface area (Å²) in [6, 6.07) is 10.2. The minimum Gasteiger partial charge on any atom is -0.507 e. The number of nitrogens with zero attached hydrogens (tertiary/aromatic N) is 3. The number of amides is 1. The van der Waals surface area contributed by atoms with Crippen LogP contribution in [-0.4, -0.2) is 31.0 Å². The minimum atomic E-state index is -0.253. The van der Waals surface area contributed by atoms with Crippen molar-refractivity contribution in [2.24, 2.45) is 7.05 Å². The van der Waals surface area contributed by atoms with Crippen LogP contribution in [0.4, 0.5) is 0 Å². The van der Waals surface area contributed by atoms with Gasteiger partial charge in [0.1, 0.15) is 11.4 Å². The number of para-hydroxylation sites is 1. The highest BCUT2D eigenvalue weighted by atomic mass is 16.3. The van der Waals surface area contributed by atoms with Crippen LogP contribution in [0.3, 0.4) is 0 Å². The average molecular weight is 325 g/mol. The van der Waals surface area contributed by atoms with E-state index in [-0.39, 0.29) is 17.7 Å². The molecule has 0 saturated heterocycles. The van der Waals surface area contributed by atoms with E-state index in [0.717, 1.165) is 12.1 Å². The zero-order chi connectivity index (χ0) is 17.1. The molecule has 0 aliphatic heterocycles. The highest BCUT2D eigenvalue weighted by molar-refractivity contribution is 5.93. The van der Waals surface area contributed by atoms with E-state index >= 15 is 0 Å². The third kappa shape index (κ3) is 3.01. The fourth-order valence-electron chi connectivity index (χ4n) is 2.61. The Hall–Kier alpha value is -3.09. The fraction of sp³-hybridized carbons (Fsp3) is 0.235. The van der Waals surface area contributed by atoms with E-state index in [1.165, 1.54) is 0 Å². The van der Waals surface area contributed by atoms with E-state index in [9.17, 15) is 9.90 Å². The lowest BCUT2D eigenvalue weighted by Gasteiger charge is -2.16. The van der Waals surface area contributed by atoms with Gasteiger partial charge in [0, 0.05) is 18.8 Å². The first-order chi connectivity index (χ1) is 11.6. The Kier molecular flexibility index (Phi) is 4.33. The Balaban J connectivity index is 1.79. The number of phenolic OH excluding ortho intramolecular Hbond substituents is 1. The maximum Gasteiger partial charge on any atom is 0.269 e. The summed E-state index contributed by atoms with van der Waals surface area (Å²) in [6.07, 6.45) is 2.45. The van der Waals surface area contributed by atoms with Gasteiger partial charge in [-0.25, -0.2) is 0 Å². The second-order valence-electron chi connectivity index (χ2n) is 5.50. The van der Waals surface area contributed by atoms with E-state index in [2.05, 4.69) is 20.6 Å². The molecule has 0 fully saturated rings. The number of aromatic hydroxyl groups is 1. The molecule has 7 nitrogen and oxygen atoms in total. The van der Waals surface area contributed by atoms with Crippen LogP contribution in [0.25, 0.3) is 11.3 Å². The monoisotopic (exact) mass is 325 g/mol. The first kappa shape index (κ1) is 15.8. The summed E-state index contributed by atoms with van der Waals surface area (Å²) in [4.78, 5) is 12.5. The van der Waals surface area contributed by atoms with Crippen LogP contribution in [0, 0.1) is 0 Å². The Labute approximate surface area is 139 Å². The summed E-state index contributed by atoms with van der Waals surface area (Å²) in [7, 11) is 1.84. The molecule has 7 heteroatoms. The largest absolute Gasteiger partial charge is 0.507 e. The lowest BCUT2D eigenvalue weighted by molar-refractivity contribution is 0.0929. The van der Waals surface area contributed by atoms with Crippen molar-refractivity contribution in [3.63, 3.8) is 0 Å². The number of aromatic nitrogens is 4. The van der Waals surface area contributed by atoms with Gasteiger partial charge in [-0.2, -0.15) is 10.2 Å². The summed E-state index contributed by atoms with van der Waals surface area (Å²) in [5.41, 5.74) is 2.37. The highest BCUT2D eigenvalue weighted by Crippen LogP contribution is 2.27. The number of phenols is 1. The normalized spacial score (nSPS) is 12.1. The van der Waals surface area contributed by atoms with E-state index < -0.39 is 0 Å². The van der Waals surface area contributed by atoms with Crippen molar-refractivity contribution in [1.29, 1.82) is 0 Å². The standard InChI is InChI=1S/C17H19N5O2/c1-3-12(15-8-9-18-22(15)2)19-17(24)14-10-13(20-21-14)11-6-4-5-7-16(11)23/h4-10,12,23H,3H2,1-2H3,(H,19,24)(H,20,21)/t12-/m1/s1. The number of carbonyl (C=O) groups is 1. The molecule has 0 radical (unpaired) electrons. The topological polar surface area (TPSA) is 95.8 Å². The minimum absolute atomic E-state index is 0.122. The summed E-state index contributed by atoms with van der Waals surface area (Å²) >= 11 is 0. The molecule has 0 unspecified atom stereocenters. The molecular weight excluding hydrogens is 306 g/mol. The fourth-order valence-corrected chi connectivity index (χ4v) is 2.61. The van der Waals surface area contributed by atoms with Crippen LogP contribution in [0.15, 0.2) is 42.6 Å². The maximum absolute atomic E-state index is 12.5. The van der Waals surface area contributed by atoms with Gasteiger partial charge in [-0.15, -0.1) is 0 Å². The van der Waals surface area contributed by atoms with E-state index in [4.69, 9.17) is 0 Å². The third-order valence-electron chi connectivity index (χ3n) is 3.93. The smallest absolute Gasteiger partial charge is 0.269 e. The van der Waals surface area contributed by atoms with Crippen molar-refractivity contribution in [1.82, 2.24) is 25.3 Å². The lowest BCUT2D eigenvalue weighted by atomic mass is 10.1. The average Bonchev–Trinajstić information content (AvgIpc) is 3.22. The predicted octanol–water partition coefficient (Wildman–Crippen LogP) is 2.40. The predicted molar refractivity (Wildman–Crippen MR) is 89.4 cm³/mol. The van der Waals surface area contributed by atoms with Crippen LogP contribution in [-0.2, 0) is 7.05 Å². The van der Waals surface area contributed by atoms with Gasteiger partial charge >= 0.3 is 0 Å². The molecule has 2 heterocycles. The molecule has 0 aliphatic carbocycles. The van der Waals surface area contributed by atoms with Crippen LogP contribution in [0.5, 0.6) is 5.75 Å². The number of benzene rings is 1. The van der Waals surface area contributed by atoms with Crippen molar-refractivity contribution < 1.29 is 9.90 Å². The Morgan fingerprint density at radius 1 is 1.38 bits per heavy atom. The molecule has 0 bridgehead atoms. The summed E-state index contributed by atoms with van der Waals surface area (Å²) in [5, 5.41) is 23.8. The molecule has 1 aromatic carbocycles. The van der Waals surface area contributed by atoms with Gasteiger partial charge in [-0.3, -0.25) is 14.6 Å². The Morgan fingerprint density at radius 2 is 2.17 bits per heavy atom. The Bertz CT molecular complexity index is 852.